The molecule has 124 valence electrons. The molecule has 3 heterocycles. The van der Waals surface area contributed by atoms with Crippen LogP contribution in [0.5, 0.6) is 0 Å². The zero-order chi connectivity index (χ0) is 15.7. The van der Waals surface area contributed by atoms with Gasteiger partial charge in [-0.15, -0.1) is 0 Å². The molecule has 0 aromatic heterocycles. The van der Waals surface area contributed by atoms with Crippen molar-refractivity contribution in [3.8, 4) is 0 Å². The Kier molecular flexibility index (Phi) is 5.02. The molecular weight excluding hydrogens is 312 g/mol. The first kappa shape index (κ1) is 16.6. The zero-order valence-corrected chi connectivity index (χ0v) is 15.5. The Hall–Kier alpha value is -0.300. The van der Waals surface area contributed by atoms with Crippen LogP contribution in [0.4, 0.5) is 0 Å². The van der Waals surface area contributed by atoms with Crippen molar-refractivity contribution < 1.29 is 0 Å². The first-order valence-corrected chi connectivity index (χ1v) is 9.46. The molecule has 0 saturated carbocycles. The van der Waals surface area contributed by atoms with Crippen molar-refractivity contribution in [2.45, 2.75) is 51.5 Å². The lowest BCUT2D eigenvalue weighted by atomic mass is 9.98. The second-order valence-electron chi connectivity index (χ2n) is 7.00. The fourth-order valence-corrected chi connectivity index (χ4v) is 4.65. The summed E-state index contributed by atoms with van der Waals surface area (Å²) in [5.41, 5.74) is -0.102. The third-order valence-corrected chi connectivity index (χ3v) is 6.63. The van der Waals surface area contributed by atoms with E-state index in [1.807, 2.05) is 0 Å². The molecule has 3 aliphatic rings. The summed E-state index contributed by atoms with van der Waals surface area (Å²) in [7, 11) is 0. The highest BCUT2D eigenvalue weighted by molar-refractivity contribution is 7.82. The van der Waals surface area contributed by atoms with Crippen molar-refractivity contribution in [3.63, 3.8) is 0 Å². The molecule has 0 aliphatic carbocycles. The van der Waals surface area contributed by atoms with E-state index in [-0.39, 0.29) is 5.54 Å². The van der Waals surface area contributed by atoms with Crippen LogP contribution < -0.4 is 0 Å². The molecule has 0 aromatic carbocycles. The van der Waals surface area contributed by atoms with E-state index in [4.69, 9.17) is 24.4 Å². The van der Waals surface area contributed by atoms with Crippen LogP contribution in [0, 0.1) is 0 Å². The minimum absolute atomic E-state index is 0.102. The van der Waals surface area contributed by atoms with E-state index in [1.165, 1.54) is 51.9 Å². The summed E-state index contributed by atoms with van der Waals surface area (Å²) in [6.45, 7) is 11.0. The molecule has 1 unspecified atom stereocenters. The van der Waals surface area contributed by atoms with Gasteiger partial charge in [0.2, 0.25) is 0 Å². The Bertz CT molecular complexity index is 443. The number of hydrogen-bond donors (Lipinski definition) is 0. The Morgan fingerprint density at radius 2 is 1.41 bits per heavy atom. The van der Waals surface area contributed by atoms with Crippen LogP contribution in [0.15, 0.2) is 0 Å². The maximum Gasteiger partial charge on any atom is 0.179 e. The number of nitrogens with zero attached hydrogens (tertiary/aromatic N) is 4. The molecule has 0 amide bonds. The first-order chi connectivity index (χ1) is 10.6. The summed E-state index contributed by atoms with van der Waals surface area (Å²) in [6.07, 6.45) is 6.23. The van der Waals surface area contributed by atoms with Crippen LogP contribution in [0.3, 0.4) is 0 Å². The van der Waals surface area contributed by atoms with Gasteiger partial charge in [-0.25, -0.2) is 0 Å². The summed E-state index contributed by atoms with van der Waals surface area (Å²) >= 11 is 11.7. The predicted molar refractivity (Wildman–Crippen MR) is 98.9 cm³/mol. The smallest absolute Gasteiger partial charge is 0.179 e. The van der Waals surface area contributed by atoms with Crippen LogP contribution in [0.1, 0.15) is 46.0 Å². The fraction of sp³-hybridized carbons (Fsp3) is 0.875. The average Bonchev–Trinajstić information content (AvgIpc) is 3.23. The third kappa shape index (κ3) is 2.90. The average molecular weight is 341 g/mol. The molecule has 6 heteroatoms. The van der Waals surface area contributed by atoms with E-state index < -0.39 is 0 Å². The highest BCUT2D eigenvalue weighted by Gasteiger charge is 2.48. The number of hydrogen-bond acceptors (Lipinski definition) is 4. The van der Waals surface area contributed by atoms with Gasteiger partial charge in [0.1, 0.15) is 4.99 Å². The molecule has 0 bridgehead atoms. The predicted octanol–water partition coefficient (Wildman–Crippen LogP) is 2.49. The van der Waals surface area contributed by atoms with Gasteiger partial charge in [0.05, 0.1) is 18.9 Å². The molecule has 3 saturated heterocycles. The van der Waals surface area contributed by atoms with Crippen molar-refractivity contribution in [1.82, 2.24) is 19.6 Å². The maximum absolute atomic E-state index is 5.86. The van der Waals surface area contributed by atoms with Crippen LogP contribution >= 0.6 is 24.4 Å². The Morgan fingerprint density at radius 3 is 1.91 bits per heavy atom. The van der Waals surface area contributed by atoms with Crippen molar-refractivity contribution in [3.05, 3.63) is 0 Å². The lowest BCUT2D eigenvalue weighted by Gasteiger charge is -2.36. The lowest BCUT2D eigenvalue weighted by Crippen LogP contribution is -2.50. The summed E-state index contributed by atoms with van der Waals surface area (Å²) in [6, 6.07) is 0. The van der Waals surface area contributed by atoms with Crippen LogP contribution in [0.25, 0.3) is 0 Å². The molecule has 0 N–H and O–H groups in total. The standard InChI is InChI=1S/C16H28N4S2/c1-3-16(2)14(21)19(12-17-8-4-5-9-17)15(22)20(16)13-18-10-6-7-11-18/h3-13H2,1-2H3. The topological polar surface area (TPSA) is 13.0 Å². The number of rotatable bonds is 5. The van der Waals surface area contributed by atoms with Crippen LogP contribution in [0.2, 0.25) is 0 Å². The summed E-state index contributed by atoms with van der Waals surface area (Å²) in [5, 5.41) is 0.938. The van der Waals surface area contributed by atoms with Gasteiger partial charge in [-0.2, -0.15) is 0 Å². The summed E-state index contributed by atoms with van der Waals surface area (Å²) in [4.78, 5) is 10.6. The van der Waals surface area contributed by atoms with Crippen molar-refractivity contribution in [2.24, 2.45) is 0 Å². The maximum atomic E-state index is 5.86. The van der Waals surface area contributed by atoms with Crippen LogP contribution in [-0.4, -0.2) is 74.8 Å². The van der Waals surface area contributed by atoms with E-state index in [0.29, 0.717) is 0 Å². The second kappa shape index (κ2) is 6.67. The monoisotopic (exact) mass is 340 g/mol. The molecule has 1 atom stereocenters. The van der Waals surface area contributed by atoms with Crippen molar-refractivity contribution in [1.29, 1.82) is 0 Å². The number of thiocarbonyl (C=S) groups is 2. The van der Waals surface area contributed by atoms with E-state index in [1.54, 1.807) is 0 Å². The summed E-state index contributed by atoms with van der Waals surface area (Å²) in [5.74, 6) is 0. The Morgan fingerprint density at radius 1 is 0.909 bits per heavy atom. The number of likely N-dealkylation sites (tertiary alicyclic amines) is 2. The van der Waals surface area contributed by atoms with E-state index in [0.717, 1.165) is 29.9 Å². The van der Waals surface area contributed by atoms with Gasteiger partial charge in [-0.05, 0) is 77.4 Å². The van der Waals surface area contributed by atoms with E-state index in [9.17, 15) is 0 Å². The lowest BCUT2D eigenvalue weighted by molar-refractivity contribution is 0.166. The van der Waals surface area contributed by atoms with Gasteiger partial charge in [0.15, 0.2) is 5.11 Å². The summed E-state index contributed by atoms with van der Waals surface area (Å²) < 4.78 is 0. The quantitative estimate of drug-likeness (QED) is 0.708. The van der Waals surface area contributed by atoms with Gasteiger partial charge in [0, 0.05) is 0 Å². The largest absolute Gasteiger partial charge is 0.324 e. The molecule has 0 aromatic rings. The minimum atomic E-state index is -0.102. The molecule has 0 spiro atoms. The molecule has 22 heavy (non-hydrogen) atoms. The van der Waals surface area contributed by atoms with Crippen molar-refractivity contribution >= 4 is 34.5 Å². The van der Waals surface area contributed by atoms with Gasteiger partial charge >= 0.3 is 0 Å². The molecule has 3 rings (SSSR count). The fourth-order valence-electron chi connectivity index (χ4n) is 3.78. The van der Waals surface area contributed by atoms with E-state index >= 15 is 0 Å². The highest BCUT2D eigenvalue weighted by Crippen LogP contribution is 2.33. The minimum Gasteiger partial charge on any atom is -0.324 e. The molecule has 4 nitrogen and oxygen atoms in total. The van der Waals surface area contributed by atoms with Gasteiger partial charge in [-0.3, -0.25) is 14.7 Å². The van der Waals surface area contributed by atoms with Gasteiger partial charge < -0.3 is 4.90 Å². The SMILES string of the molecule is CCC1(C)C(=S)N(CN2CCCC2)C(=S)N1CN1CCCC1. The van der Waals surface area contributed by atoms with Gasteiger partial charge in [0.25, 0.3) is 0 Å². The highest BCUT2D eigenvalue weighted by atomic mass is 32.1. The van der Waals surface area contributed by atoms with Gasteiger partial charge in [-0.1, -0.05) is 19.1 Å². The Labute approximate surface area is 145 Å². The second-order valence-corrected chi connectivity index (χ2v) is 7.76. The molecule has 3 aliphatic heterocycles. The first-order valence-electron chi connectivity index (χ1n) is 8.64. The van der Waals surface area contributed by atoms with E-state index in [2.05, 4.69) is 33.4 Å². The molecule has 0 radical (unpaired) electrons. The zero-order valence-electron chi connectivity index (χ0n) is 13.9. The molecular formula is C16H28N4S2. The van der Waals surface area contributed by atoms with Crippen LogP contribution in [-0.2, 0) is 0 Å². The normalized spacial score (nSPS) is 31.0. The Balaban J connectivity index is 1.75. The van der Waals surface area contributed by atoms with Crippen molar-refractivity contribution in [2.75, 3.05) is 39.5 Å². The third-order valence-electron chi connectivity index (χ3n) is 5.53. The molecule has 3 fully saturated rings.